The molecule has 3 aliphatic rings. The third-order valence-corrected chi connectivity index (χ3v) is 8.26. The quantitative estimate of drug-likeness (QED) is 0.412. The summed E-state index contributed by atoms with van der Waals surface area (Å²) in [7, 11) is 2.16. The first-order valence-electron chi connectivity index (χ1n) is 14.7. The summed E-state index contributed by atoms with van der Waals surface area (Å²) in [5.74, 6) is 2.24. The smallest absolute Gasteiger partial charge is 0.260 e. The lowest BCUT2D eigenvalue weighted by Crippen LogP contribution is -2.44. The molecule has 0 unspecified atom stereocenters. The van der Waals surface area contributed by atoms with Crippen LogP contribution in [0, 0.1) is 0 Å². The Hall–Kier alpha value is -3.41. The Kier molecular flexibility index (Phi) is 8.03. The van der Waals surface area contributed by atoms with E-state index in [1.54, 1.807) is 11.2 Å². The van der Waals surface area contributed by atoms with Crippen LogP contribution in [0.4, 0.5) is 11.6 Å². The molecule has 2 saturated heterocycles. The van der Waals surface area contributed by atoms with Gasteiger partial charge < -0.3 is 24.6 Å². The molecular formula is C29H40N10O. The molecule has 3 aromatic rings. The molecule has 0 atom stereocenters. The highest BCUT2D eigenvalue weighted by Gasteiger charge is 2.34. The highest BCUT2D eigenvalue weighted by molar-refractivity contribution is 6.10. The Morgan fingerprint density at radius 3 is 2.67 bits per heavy atom. The van der Waals surface area contributed by atoms with Crippen LogP contribution >= 0.6 is 0 Å². The minimum absolute atomic E-state index is 0.0120. The molecule has 0 bridgehead atoms. The lowest BCUT2D eigenvalue weighted by molar-refractivity contribution is 0.0996. The van der Waals surface area contributed by atoms with Crippen molar-refractivity contribution >= 4 is 17.5 Å². The summed E-state index contributed by atoms with van der Waals surface area (Å²) in [5.41, 5.74) is 3.48. The second-order valence-electron chi connectivity index (χ2n) is 11.0. The number of hydrogen-bond acceptors (Lipinski definition) is 9. The van der Waals surface area contributed by atoms with Crippen LogP contribution in [-0.4, -0.2) is 99.8 Å². The number of anilines is 2. The largest absolute Gasteiger partial charge is 0.357 e. The number of fused-ring (bicyclic) bond motifs is 1. The van der Waals surface area contributed by atoms with E-state index in [0.717, 1.165) is 94.5 Å². The predicted molar refractivity (Wildman–Crippen MR) is 155 cm³/mol. The van der Waals surface area contributed by atoms with Crippen molar-refractivity contribution < 1.29 is 4.79 Å². The number of carbonyl (C=O) groups is 1. The summed E-state index contributed by atoms with van der Waals surface area (Å²) >= 11 is 0. The van der Waals surface area contributed by atoms with Gasteiger partial charge in [-0.1, -0.05) is 6.07 Å². The van der Waals surface area contributed by atoms with Crippen molar-refractivity contribution in [1.82, 2.24) is 39.8 Å². The normalized spacial score (nSPS) is 17.8. The summed E-state index contributed by atoms with van der Waals surface area (Å²) in [5, 5.41) is 11.7. The van der Waals surface area contributed by atoms with Crippen molar-refractivity contribution in [1.29, 1.82) is 0 Å². The fourth-order valence-corrected chi connectivity index (χ4v) is 5.99. The fourth-order valence-electron chi connectivity index (χ4n) is 5.99. The minimum Gasteiger partial charge on any atom is -0.357 e. The molecule has 1 N–H and O–H groups in total. The lowest BCUT2D eigenvalue weighted by atomic mass is 10.1. The molecule has 0 spiro atoms. The number of pyridine rings is 2. The SMILES string of the molecule is CCn1cnnc1-c1cccc(N2Cc3c(cc(N4CCCC4)nc3CN(C)CCCN3CCNCC3)C2=O)n1. The van der Waals surface area contributed by atoms with Crippen LogP contribution in [0.5, 0.6) is 0 Å². The van der Waals surface area contributed by atoms with Crippen LogP contribution in [0.2, 0.25) is 0 Å². The molecule has 6 rings (SSSR count). The first-order chi connectivity index (χ1) is 19.6. The number of aromatic nitrogens is 5. The van der Waals surface area contributed by atoms with Crippen LogP contribution in [0.3, 0.4) is 0 Å². The average Bonchev–Trinajstić information content (AvgIpc) is 3.75. The van der Waals surface area contributed by atoms with Crippen LogP contribution < -0.4 is 15.1 Å². The molecule has 40 heavy (non-hydrogen) atoms. The Morgan fingerprint density at radius 2 is 1.88 bits per heavy atom. The van der Waals surface area contributed by atoms with Crippen LogP contribution in [0.1, 0.15) is 47.8 Å². The molecule has 11 nitrogen and oxygen atoms in total. The minimum atomic E-state index is -0.0120. The highest BCUT2D eigenvalue weighted by atomic mass is 16.2. The van der Waals surface area contributed by atoms with Crippen LogP contribution in [0.25, 0.3) is 11.5 Å². The maximum atomic E-state index is 13.9. The highest BCUT2D eigenvalue weighted by Crippen LogP contribution is 2.33. The topological polar surface area (TPSA) is 98.5 Å². The summed E-state index contributed by atoms with van der Waals surface area (Å²) in [6.45, 7) is 12.5. The molecule has 2 fully saturated rings. The molecule has 6 heterocycles. The van der Waals surface area contributed by atoms with Crippen molar-refractivity contribution in [3.63, 3.8) is 0 Å². The van der Waals surface area contributed by atoms with Gasteiger partial charge in [-0.25, -0.2) is 9.97 Å². The van der Waals surface area contributed by atoms with Crippen molar-refractivity contribution in [3.8, 4) is 11.5 Å². The Morgan fingerprint density at radius 1 is 1.05 bits per heavy atom. The summed E-state index contributed by atoms with van der Waals surface area (Å²) in [6.07, 6.45) is 5.16. The van der Waals surface area contributed by atoms with Gasteiger partial charge >= 0.3 is 0 Å². The van der Waals surface area contributed by atoms with E-state index in [0.29, 0.717) is 23.9 Å². The van der Waals surface area contributed by atoms with Gasteiger partial charge in [-0.05, 0) is 64.5 Å². The fraction of sp³-hybridized carbons (Fsp3) is 0.552. The van der Waals surface area contributed by atoms with E-state index < -0.39 is 0 Å². The summed E-state index contributed by atoms with van der Waals surface area (Å²) in [4.78, 5) is 32.8. The zero-order valence-corrected chi connectivity index (χ0v) is 23.7. The predicted octanol–water partition coefficient (Wildman–Crippen LogP) is 2.24. The van der Waals surface area contributed by atoms with Gasteiger partial charge in [-0.2, -0.15) is 0 Å². The van der Waals surface area contributed by atoms with Crippen molar-refractivity contribution in [2.45, 2.75) is 45.8 Å². The second kappa shape index (κ2) is 12.0. The number of hydrogen-bond donors (Lipinski definition) is 1. The molecule has 212 valence electrons. The van der Waals surface area contributed by atoms with Crippen molar-refractivity contribution in [2.75, 3.05) is 69.2 Å². The van der Waals surface area contributed by atoms with E-state index in [9.17, 15) is 4.79 Å². The number of aryl methyl sites for hydroxylation is 1. The molecule has 1 amide bonds. The number of piperazine rings is 1. The first kappa shape index (κ1) is 26.8. The average molecular weight is 545 g/mol. The van der Waals surface area contributed by atoms with Crippen LogP contribution in [0.15, 0.2) is 30.6 Å². The van der Waals surface area contributed by atoms with Gasteiger partial charge in [-0.3, -0.25) is 9.69 Å². The van der Waals surface area contributed by atoms with Crippen LogP contribution in [-0.2, 0) is 19.6 Å². The molecular weight excluding hydrogens is 504 g/mol. The zero-order valence-electron chi connectivity index (χ0n) is 23.7. The monoisotopic (exact) mass is 544 g/mol. The van der Waals surface area contributed by atoms with E-state index in [4.69, 9.17) is 9.97 Å². The molecule has 3 aliphatic heterocycles. The molecule has 0 radical (unpaired) electrons. The van der Waals surface area contributed by atoms with Crippen molar-refractivity contribution in [2.24, 2.45) is 0 Å². The Balaban J connectivity index is 1.23. The first-order valence-corrected chi connectivity index (χ1v) is 14.7. The third kappa shape index (κ3) is 5.59. The second-order valence-corrected chi connectivity index (χ2v) is 11.0. The van der Waals surface area contributed by atoms with Gasteiger partial charge in [0.2, 0.25) is 0 Å². The zero-order chi connectivity index (χ0) is 27.5. The molecule has 0 aliphatic carbocycles. The molecule has 0 aromatic carbocycles. The molecule has 3 aromatic heterocycles. The van der Waals surface area contributed by atoms with E-state index in [-0.39, 0.29) is 5.91 Å². The number of nitrogens with one attached hydrogen (secondary N) is 1. The number of nitrogens with zero attached hydrogens (tertiary/aromatic N) is 9. The summed E-state index contributed by atoms with van der Waals surface area (Å²) < 4.78 is 1.95. The van der Waals surface area contributed by atoms with E-state index in [1.165, 1.54) is 12.8 Å². The van der Waals surface area contributed by atoms with E-state index in [1.807, 2.05) is 35.8 Å². The van der Waals surface area contributed by atoms with E-state index in [2.05, 4.69) is 37.3 Å². The van der Waals surface area contributed by atoms with Gasteiger partial charge in [0.25, 0.3) is 5.91 Å². The third-order valence-electron chi connectivity index (χ3n) is 8.26. The maximum Gasteiger partial charge on any atom is 0.260 e. The Labute approximate surface area is 236 Å². The standard InChI is InChI=1S/C29H40N10O/c1-3-37-21-31-34-28(37)24-8-6-9-26(32-24)39-19-23-22(29(39)40)18-27(38-14-4-5-15-38)33-25(23)20-35(2)12-7-13-36-16-10-30-11-17-36/h6,8-9,18,21,30H,3-5,7,10-17,19-20H2,1-2H3. The van der Waals surface area contributed by atoms with Gasteiger partial charge in [0.15, 0.2) is 5.82 Å². The lowest BCUT2D eigenvalue weighted by Gasteiger charge is -2.28. The van der Waals surface area contributed by atoms with Gasteiger partial charge in [0.05, 0.1) is 17.8 Å². The number of rotatable bonds is 10. The molecule has 0 saturated carbocycles. The number of amides is 1. The van der Waals surface area contributed by atoms with E-state index >= 15 is 0 Å². The Bertz CT molecular complexity index is 1330. The molecule has 11 heteroatoms. The van der Waals surface area contributed by atoms with Gasteiger partial charge in [0, 0.05) is 57.9 Å². The van der Waals surface area contributed by atoms with Gasteiger partial charge in [-0.15, -0.1) is 10.2 Å². The number of carbonyl (C=O) groups excluding carboxylic acids is 1. The maximum absolute atomic E-state index is 13.9. The van der Waals surface area contributed by atoms with Gasteiger partial charge in [0.1, 0.15) is 23.7 Å². The summed E-state index contributed by atoms with van der Waals surface area (Å²) in [6, 6.07) is 7.76. The van der Waals surface area contributed by atoms with Crippen molar-refractivity contribution in [3.05, 3.63) is 47.4 Å².